The van der Waals surface area contributed by atoms with Gasteiger partial charge in [-0.15, -0.1) is 0 Å². The number of Topliss-reactive ketones (excluding diaryl/α,β-unsaturated/α-hetero) is 1. The summed E-state index contributed by atoms with van der Waals surface area (Å²) in [5.41, 5.74) is 0.925. The SMILES string of the molecule is O=C(Cc1ccccc1)NC(CC1CCCCC1)C(=O)N1CC[C@H]2OCC(=O)[C@H]21. The number of ketones is 1. The number of benzene rings is 1. The Morgan fingerprint density at radius 1 is 1.10 bits per heavy atom. The smallest absolute Gasteiger partial charge is 0.245 e. The first-order valence-corrected chi connectivity index (χ1v) is 10.9. The summed E-state index contributed by atoms with van der Waals surface area (Å²) in [5.74, 6) is 0.162. The highest BCUT2D eigenvalue weighted by Crippen LogP contribution is 2.31. The molecule has 0 bridgehead atoms. The summed E-state index contributed by atoms with van der Waals surface area (Å²) in [6.45, 7) is 0.613. The van der Waals surface area contributed by atoms with Crippen LogP contribution in [-0.4, -0.2) is 53.8 Å². The normalized spacial score (nSPS) is 25.7. The predicted octanol–water partition coefficient (Wildman–Crippen LogP) is 2.25. The topological polar surface area (TPSA) is 75.7 Å². The molecule has 0 radical (unpaired) electrons. The molecular weight excluding hydrogens is 368 g/mol. The number of carbonyl (C=O) groups is 3. The van der Waals surface area contributed by atoms with Crippen molar-refractivity contribution in [2.24, 2.45) is 5.92 Å². The highest BCUT2D eigenvalue weighted by atomic mass is 16.5. The molecule has 1 saturated carbocycles. The van der Waals surface area contributed by atoms with E-state index in [2.05, 4.69) is 5.32 Å². The van der Waals surface area contributed by atoms with Crippen LogP contribution in [0, 0.1) is 5.92 Å². The Kier molecular flexibility index (Phi) is 6.28. The lowest BCUT2D eigenvalue weighted by Crippen LogP contribution is -2.53. The van der Waals surface area contributed by atoms with E-state index in [-0.39, 0.29) is 36.7 Å². The van der Waals surface area contributed by atoms with E-state index in [9.17, 15) is 14.4 Å². The van der Waals surface area contributed by atoms with E-state index >= 15 is 0 Å². The molecule has 0 spiro atoms. The van der Waals surface area contributed by atoms with Gasteiger partial charge >= 0.3 is 0 Å². The van der Waals surface area contributed by atoms with Crippen molar-refractivity contribution < 1.29 is 19.1 Å². The molecule has 2 aliphatic heterocycles. The fraction of sp³-hybridized carbons (Fsp3) is 0.609. The molecule has 1 aromatic carbocycles. The number of fused-ring (bicyclic) bond motifs is 1. The van der Waals surface area contributed by atoms with Crippen molar-refractivity contribution in [1.82, 2.24) is 10.2 Å². The maximum Gasteiger partial charge on any atom is 0.245 e. The third-order valence-corrected chi connectivity index (χ3v) is 6.53. The van der Waals surface area contributed by atoms with E-state index in [1.54, 1.807) is 4.90 Å². The molecule has 3 fully saturated rings. The summed E-state index contributed by atoms with van der Waals surface area (Å²) in [5, 5.41) is 3.00. The van der Waals surface area contributed by atoms with E-state index in [1.165, 1.54) is 19.3 Å². The maximum atomic E-state index is 13.4. The van der Waals surface area contributed by atoms with Crippen LogP contribution >= 0.6 is 0 Å². The summed E-state index contributed by atoms with van der Waals surface area (Å²) in [6, 6.07) is 8.52. The van der Waals surface area contributed by atoms with Gasteiger partial charge in [0.05, 0.1) is 12.5 Å². The van der Waals surface area contributed by atoms with Crippen LogP contribution in [0.2, 0.25) is 0 Å². The second-order valence-electron chi connectivity index (χ2n) is 8.60. The van der Waals surface area contributed by atoms with Crippen molar-refractivity contribution >= 4 is 17.6 Å². The van der Waals surface area contributed by atoms with Gasteiger partial charge in [-0.1, -0.05) is 62.4 Å². The van der Waals surface area contributed by atoms with Crippen molar-refractivity contribution in [3.8, 4) is 0 Å². The Balaban J connectivity index is 1.46. The molecule has 29 heavy (non-hydrogen) atoms. The molecule has 6 heteroatoms. The minimum absolute atomic E-state index is 0.0205. The van der Waals surface area contributed by atoms with Crippen molar-refractivity contribution in [3.63, 3.8) is 0 Å². The molecule has 1 N–H and O–H groups in total. The Morgan fingerprint density at radius 3 is 2.62 bits per heavy atom. The van der Waals surface area contributed by atoms with Gasteiger partial charge in [0.1, 0.15) is 18.7 Å². The Bertz CT molecular complexity index is 745. The van der Waals surface area contributed by atoms with Gasteiger partial charge in [-0.2, -0.15) is 0 Å². The van der Waals surface area contributed by atoms with Crippen LogP contribution in [0.4, 0.5) is 0 Å². The van der Waals surface area contributed by atoms with Gasteiger partial charge in [0.2, 0.25) is 11.8 Å². The van der Waals surface area contributed by atoms with Crippen LogP contribution in [0.5, 0.6) is 0 Å². The minimum atomic E-state index is -0.568. The molecule has 3 aliphatic rings. The molecule has 2 saturated heterocycles. The maximum absolute atomic E-state index is 13.4. The van der Waals surface area contributed by atoms with Gasteiger partial charge in [-0.25, -0.2) is 0 Å². The number of nitrogens with one attached hydrogen (secondary N) is 1. The fourth-order valence-electron chi connectivity index (χ4n) is 5.05. The highest BCUT2D eigenvalue weighted by Gasteiger charge is 2.48. The number of likely N-dealkylation sites (tertiary alicyclic amines) is 1. The van der Waals surface area contributed by atoms with Crippen LogP contribution in [0.25, 0.3) is 0 Å². The van der Waals surface area contributed by atoms with Crippen LogP contribution in [0.15, 0.2) is 30.3 Å². The predicted molar refractivity (Wildman–Crippen MR) is 108 cm³/mol. The van der Waals surface area contributed by atoms with Crippen LogP contribution in [-0.2, 0) is 25.5 Å². The number of hydrogen-bond donors (Lipinski definition) is 1. The van der Waals surface area contributed by atoms with E-state index in [4.69, 9.17) is 4.74 Å². The van der Waals surface area contributed by atoms with E-state index < -0.39 is 12.1 Å². The van der Waals surface area contributed by atoms with Crippen molar-refractivity contribution in [3.05, 3.63) is 35.9 Å². The standard InChI is InChI=1S/C23H30N2O4/c26-19-15-29-20-11-12-25(22(19)20)23(28)18(13-16-7-3-1-4-8-16)24-21(27)14-17-9-5-2-6-10-17/h2,5-6,9-10,16,18,20,22H,1,3-4,7-8,11-15H2,(H,24,27)/t18?,20-,22-/m1/s1. The van der Waals surface area contributed by atoms with Crippen molar-refractivity contribution in [1.29, 1.82) is 0 Å². The molecule has 2 amide bonds. The van der Waals surface area contributed by atoms with Crippen molar-refractivity contribution in [2.45, 2.75) is 69.6 Å². The van der Waals surface area contributed by atoms with E-state index in [0.717, 1.165) is 18.4 Å². The van der Waals surface area contributed by atoms with E-state index in [1.807, 2.05) is 30.3 Å². The summed E-state index contributed by atoms with van der Waals surface area (Å²) >= 11 is 0. The van der Waals surface area contributed by atoms with Crippen LogP contribution in [0.3, 0.4) is 0 Å². The third kappa shape index (κ3) is 4.69. The summed E-state index contributed by atoms with van der Waals surface area (Å²) < 4.78 is 5.53. The zero-order valence-electron chi connectivity index (χ0n) is 16.8. The Morgan fingerprint density at radius 2 is 1.86 bits per heavy atom. The molecule has 1 unspecified atom stereocenters. The lowest BCUT2D eigenvalue weighted by atomic mass is 9.84. The first-order valence-electron chi connectivity index (χ1n) is 10.9. The summed E-state index contributed by atoms with van der Waals surface area (Å²) in [6.07, 6.45) is 7.24. The molecule has 3 atom stereocenters. The van der Waals surface area contributed by atoms with Crippen molar-refractivity contribution in [2.75, 3.05) is 13.2 Å². The lowest BCUT2D eigenvalue weighted by Gasteiger charge is -2.31. The van der Waals surface area contributed by atoms with Crippen LogP contribution < -0.4 is 5.32 Å². The second-order valence-corrected chi connectivity index (χ2v) is 8.60. The number of amides is 2. The number of rotatable bonds is 6. The molecule has 1 aliphatic carbocycles. The molecular formula is C23H30N2O4. The van der Waals surface area contributed by atoms with Gasteiger partial charge < -0.3 is 15.0 Å². The zero-order valence-corrected chi connectivity index (χ0v) is 16.8. The minimum Gasteiger partial charge on any atom is -0.368 e. The molecule has 156 valence electrons. The molecule has 6 nitrogen and oxygen atoms in total. The van der Waals surface area contributed by atoms with E-state index in [0.29, 0.717) is 25.3 Å². The lowest BCUT2D eigenvalue weighted by molar-refractivity contribution is -0.140. The monoisotopic (exact) mass is 398 g/mol. The molecule has 2 heterocycles. The number of hydrogen-bond acceptors (Lipinski definition) is 4. The number of nitrogens with zero attached hydrogens (tertiary/aromatic N) is 1. The van der Waals surface area contributed by atoms with Gasteiger partial charge in [-0.3, -0.25) is 14.4 Å². The highest BCUT2D eigenvalue weighted by molar-refractivity contribution is 5.95. The average molecular weight is 399 g/mol. The first-order chi connectivity index (χ1) is 14.1. The molecule has 1 aromatic rings. The zero-order chi connectivity index (χ0) is 20.2. The average Bonchev–Trinajstić information content (AvgIpc) is 3.31. The quantitative estimate of drug-likeness (QED) is 0.798. The second kappa shape index (κ2) is 9.08. The molecule has 4 rings (SSSR count). The van der Waals surface area contributed by atoms with Gasteiger partial charge in [0.25, 0.3) is 0 Å². The molecule has 0 aromatic heterocycles. The van der Waals surface area contributed by atoms with Gasteiger partial charge in [0, 0.05) is 6.54 Å². The Labute approximate surface area is 172 Å². The van der Waals surface area contributed by atoms with Gasteiger partial charge in [0.15, 0.2) is 5.78 Å². The third-order valence-electron chi connectivity index (χ3n) is 6.53. The number of carbonyl (C=O) groups excluding carboxylic acids is 3. The Hall–Kier alpha value is -2.21. The first kappa shape index (κ1) is 20.1. The van der Waals surface area contributed by atoms with Crippen LogP contribution in [0.1, 0.15) is 50.5 Å². The van der Waals surface area contributed by atoms with Gasteiger partial charge in [-0.05, 0) is 24.3 Å². The summed E-state index contributed by atoms with van der Waals surface area (Å²) in [7, 11) is 0. The summed E-state index contributed by atoms with van der Waals surface area (Å²) in [4.78, 5) is 40.0. The number of ether oxygens (including phenoxy) is 1. The largest absolute Gasteiger partial charge is 0.368 e. The fourth-order valence-corrected chi connectivity index (χ4v) is 5.05.